The van der Waals surface area contributed by atoms with Crippen molar-refractivity contribution in [2.75, 3.05) is 13.2 Å². The summed E-state index contributed by atoms with van der Waals surface area (Å²) in [6.07, 6.45) is 0. The van der Waals surface area contributed by atoms with Gasteiger partial charge in [-0.05, 0) is 55.8 Å². The Bertz CT molecular complexity index is 781. The number of hydrogen-bond acceptors (Lipinski definition) is 3. The lowest BCUT2D eigenvalue weighted by molar-refractivity contribution is -0.142. The van der Waals surface area contributed by atoms with E-state index >= 15 is 0 Å². The minimum atomic E-state index is -0.607. The fraction of sp³-hybridized carbons (Fsp3) is 0.300. The third kappa shape index (κ3) is 6.66. The number of nitrogens with one attached hydrogen (secondary N) is 1. The van der Waals surface area contributed by atoms with Crippen molar-refractivity contribution < 1.29 is 14.3 Å². The lowest BCUT2D eigenvalue weighted by Crippen LogP contribution is -2.49. The fourth-order valence-corrected chi connectivity index (χ4v) is 3.21. The molecule has 144 valence electrons. The largest absolute Gasteiger partial charge is 0.484 e. The molecule has 0 aliphatic carbocycles. The number of ether oxygens (including phenoxy) is 1. The van der Waals surface area contributed by atoms with Crippen LogP contribution in [0.2, 0.25) is 0 Å². The van der Waals surface area contributed by atoms with Crippen molar-refractivity contribution in [1.29, 1.82) is 0 Å². The number of likely N-dealkylation sites (N-methyl/N-ethyl adjacent to an activating group) is 1. The molecule has 0 aliphatic rings. The summed E-state index contributed by atoms with van der Waals surface area (Å²) in [5.41, 5.74) is 0.928. The van der Waals surface area contributed by atoms with Crippen LogP contribution in [0.4, 0.5) is 0 Å². The number of nitrogens with zero attached hydrogens (tertiary/aromatic N) is 1. The summed E-state index contributed by atoms with van der Waals surface area (Å²) in [4.78, 5) is 26.7. The maximum Gasteiger partial charge on any atom is 0.261 e. The summed E-state index contributed by atoms with van der Waals surface area (Å²) in [6.45, 7) is 4.26. The van der Waals surface area contributed by atoms with Gasteiger partial charge in [-0.2, -0.15) is 0 Å². The Morgan fingerprint density at radius 2 is 1.81 bits per heavy atom. The second-order valence-corrected chi connectivity index (χ2v) is 7.80. The molecule has 0 saturated heterocycles. The number of benzene rings is 2. The molecule has 0 saturated carbocycles. The van der Waals surface area contributed by atoms with E-state index in [1.165, 1.54) is 4.90 Å². The Labute approximate surface area is 176 Å². The second kappa shape index (κ2) is 10.5. The van der Waals surface area contributed by atoms with Gasteiger partial charge in [0.25, 0.3) is 5.91 Å². The van der Waals surface area contributed by atoms with Crippen LogP contribution in [0.15, 0.2) is 57.5 Å². The average molecular weight is 498 g/mol. The summed E-state index contributed by atoms with van der Waals surface area (Å²) < 4.78 is 7.46. The molecule has 2 amide bonds. The van der Waals surface area contributed by atoms with E-state index in [2.05, 4.69) is 37.2 Å². The van der Waals surface area contributed by atoms with E-state index < -0.39 is 6.04 Å². The minimum absolute atomic E-state index is 0.140. The molecule has 0 radical (unpaired) electrons. The molecule has 0 fully saturated rings. The van der Waals surface area contributed by atoms with Crippen molar-refractivity contribution in [3.8, 4) is 5.75 Å². The Kier molecular flexibility index (Phi) is 8.31. The number of carbonyl (C=O) groups excluding carboxylic acids is 2. The van der Waals surface area contributed by atoms with Crippen LogP contribution in [-0.4, -0.2) is 35.9 Å². The van der Waals surface area contributed by atoms with Gasteiger partial charge in [0.1, 0.15) is 11.8 Å². The molecule has 0 aliphatic heterocycles. The van der Waals surface area contributed by atoms with Crippen LogP contribution in [-0.2, 0) is 16.1 Å². The highest BCUT2D eigenvalue weighted by Crippen LogP contribution is 2.18. The van der Waals surface area contributed by atoms with Crippen LogP contribution in [0.5, 0.6) is 5.75 Å². The van der Waals surface area contributed by atoms with Crippen molar-refractivity contribution in [3.63, 3.8) is 0 Å². The van der Waals surface area contributed by atoms with Crippen LogP contribution < -0.4 is 10.1 Å². The summed E-state index contributed by atoms with van der Waals surface area (Å²) in [6, 6.07) is 14.3. The van der Waals surface area contributed by atoms with E-state index in [0.29, 0.717) is 18.8 Å². The normalized spacial score (nSPS) is 11.6. The van der Waals surface area contributed by atoms with Crippen LogP contribution in [0.25, 0.3) is 0 Å². The van der Waals surface area contributed by atoms with Gasteiger partial charge in [0.05, 0.1) is 0 Å². The molecular weight excluding hydrogens is 476 g/mol. The number of carbonyl (C=O) groups is 2. The van der Waals surface area contributed by atoms with Crippen LogP contribution in [0, 0.1) is 0 Å². The maximum atomic E-state index is 12.8. The minimum Gasteiger partial charge on any atom is -0.484 e. The number of hydrogen-bond donors (Lipinski definition) is 1. The van der Waals surface area contributed by atoms with Crippen molar-refractivity contribution in [1.82, 2.24) is 10.2 Å². The van der Waals surface area contributed by atoms with Crippen molar-refractivity contribution in [2.45, 2.75) is 26.4 Å². The summed E-state index contributed by atoms with van der Waals surface area (Å²) in [5, 5.41) is 2.77. The Hall–Kier alpha value is -1.86. The van der Waals surface area contributed by atoms with Crippen molar-refractivity contribution >= 4 is 43.7 Å². The highest BCUT2D eigenvalue weighted by molar-refractivity contribution is 9.10. The summed E-state index contributed by atoms with van der Waals surface area (Å²) in [5.74, 6) is 0.153. The third-order valence-corrected chi connectivity index (χ3v) is 4.96. The summed E-state index contributed by atoms with van der Waals surface area (Å²) in [7, 11) is 0. The molecule has 5 nitrogen and oxygen atoms in total. The number of halogens is 2. The molecule has 1 atom stereocenters. The lowest BCUT2D eigenvalue weighted by atomic mass is 10.1. The zero-order valence-corrected chi connectivity index (χ0v) is 18.4. The Morgan fingerprint density at radius 3 is 2.44 bits per heavy atom. The fourth-order valence-electron chi connectivity index (χ4n) is 2.50. The first-order valence-electron chi connectivity index (χ1n) is 8.60. The molecule has 0 bridgehead atoms. The molecule has 0 heterocycles. The zero-order valence-electron chi connectivity index (χ0n) is 15.2. The van der Waals surface area contributed by atoms with E-state index in [9.17, 15) is 9.59 Å². The number of amides is 2. The predicted octanol–water partition coefficient (Wildman–Crippen LogP) is 4.14. The van der Waals surface area contributed by atoms with Crippen molar-refractivity contribution in [3.05, 3.63) is 63.0 Å². The van der Waals surface area contributed by atoms with E-state index in [0.717, 1.165) is 14.5 Å². The average Bonchev–Trinajstić information content (AvgIpc) is 2.65. The van der Waals surface area contributed by atoms with E-state index in [4.69, 9.17) is 4.74 Å². The monoisotopic (exact) mass is 496 g/mol. The van der Waals surface area contributed by atoms with Gasteiger partial charge in [0.2, 0.25) is 5.91 Å². The van der Waals surface area contributed by atoms with Gasteiger partial charge in [-0.25, -0.2) is 0 Å². The molecule has 7 heteroatoms. The molecule has 2 aromatic carbocycles. The molecule has 27 heavy (non-hydrogen) atoms. The van der Waals surface area contributed by atoms with Gasteiger partial charge in [-0.1, -0.05) is 44.0 Å². The van der Waals surface area contributed by atoms with Gasteiger partial charge in [0.15, 0.2) is 6.61 Å². The van der Waals surface area contributed by atoms with Gasteiger partial charge < -0.3 is 15.0 Å². The molecule has 1 N–H and O–H groups in total. The zero-order chi connectivity index (χ0) is 19.8. The Balaban J connectivity index is 2.12. The SMILES string of the molecule is CCNC(=O)[C@@H](C)N(Cc1cccc(Br)c1)C(=O)COc1ccc(Br)cc1. The molecule has 0 unspecified atom stereocenters. The van der Waals surface area contributed by atoms with E-state index in [1.807, 2.05) is 43.3 Å². The van der Waals surface area contributed by atoms with E-state index in [1.54, 1.807) is 19.1 Å². The number of rotatable bonds is 8. The van der Waals surface area contributed by atoms with Crippen LogP contribution in [0.1, 0.15) is 19.4 Å². The smallest absolute Gasteiger partial charge is 0.261 e. The topological polar surface area (TPSA) is 58.6 Å². The van der Waals surface area contributed by atoms with Gasteiger partial charge in [-0.15, -0.1) is 0 Å². The molecule has 2 aromatic rings. The van der Waals surface area contributed by atoms with Gasteiger partial charge >= 0.3 is 0 Å². The van der Waals surface area contributed by atoms with E-state index in [-0.39, 0.29) is 18.4 Å². The van der Waals surface area contributed by atoms with Crippen molar-refractivity contribution in [2.24, 2.45) is 0 Å². The first-order valence-corrected chi connectivity index (χ1v) is 10.2. The Morgan fingerprint density at radius 1 is 1.11 bits per heavy atom. The van der Waals surface area contributed by atoms with Gasteiger partial charge in [-0.3, -0.25) is 9.59 Å². The summed E-state index contributed by atoms with van der Waals surface area (Å²) >= 11 is 6.80. The first kappa shape index (κ1) is 21.4. The van der Waals surface area contributed by atoms with Crippen LogP contribution in [0.3, 0.4) is 0 Å². The predicted molar refractivity (Wildman–Crippen MR) is 112 cm³/mol. The standard InChI is InChI=1S/C20H22Br2N2O3/c1-3-23-20(26)14(2)24(12-15-5-4-6-17(22)11-15)19(25)13-27-18-9-7-16(21)8-10-18/h4-11,14H,3,12-13H2,1-2H3,(H,23,26)/t14-/m1/s1. The maximum absolute atomic E-state index is 12.8. The quantitative estimate of drug-likeness (QED) is 0.596. The highest BCUT2D eigenvalue weighted by atomic mass is 79.9. The highest BCUT2D eigenvalue weighted by Gasteiger charge is 2.26. The van der Waals surface area contributed by atoms with Gasteiger partial charge in [0, 0.05) is 22.0 Å². The first-order chi connectivity index (χ1) is 12.9. The lowest BCUT2D eigenvalue weighted by Gasteiger charge is -2.28. The second-order valence-electron chi connectivity index (χ2n) is 5.96. The molecule has 0 aromatic heterocycles. The molecular formula is C20H22Br2N2O3. The third-order valence-electron chi connectivity index (χ3n) is 3.94. The molecule has 2 rings (SSSR count). The van der Waals surface area contributed by atoms with Crippen LogP contribution >= 0.6 is 31.9 Å². The molecule has 0 spiro atoms.